The summed E-state index contributed by atoms with van der Waals surface area (Å²) < 4.78 is 5.35. The molecule has 174 valence electrons. The molecule has 1 amide bonds. The van der Waals surface area contributed by atoms with Crippen LogP contribution in [0, 0.1) is 0 Å². The second-order valence-corrected chi connectivity index (χ2v) is 7.40. The highest BCUT2D eigenvalue weighted by Crippen LogP contribution is 2.21. The van der Waals surface area contributed by atoms with E-state index in [1.54, 1.807) is 19.1 Å². The highest BCUT2D eigenvalue weighted by Gasteiger charge is 2.13. The zero-order valence-corrected chi connectivity index (χ0v) is 18.6. The molecule has 34 heavy (non-hydrogen) atoms. The minimum Gasteiger partial charge on any atom is -0.481 e. The maximum atomic E-state index is 12.2. The van der Waals surface area contributed by atoms with Crippen LogP contribution in [0.5, 0.6) is 0 Å². The highest BCUT2D eigenvalue weighted by atomic mass is 16.6. The second-order valence-electron chi connectivity index (χ2n) is 7.40. The summed E-state index contributed by atoms with van der Waals surface area (Å²) in [6.07, 6.45) is -1.18. The first-order chi connectivity index (χ1) is 16.4. The molecule has 0 saturated heterocycles. The van der Waals surface area contributed by atoms with Crippen LogP contribution in [-0.4, -0.2) is 23.1 Å². The van der Waals surface area contributed by atoms with Gasteiger partial charge in [0.25, 0.3) is 0 Å². The van der Waals surface area contributed by atoms with Gasteiger partial charge in [0.1, 0.15) is 6.10 Å². The van der Waals surface area contributed by atoms with Crippen LogP contribution < -0.4 is 11.2 Å². The van der Waals surface area contributed by atoms with E-state index in [2.05, 4.69) is 20.6 Å². The minimum absolute atomic E-state index is 0.00750. The van der Waals surface area contributed by atoms with Crippen LogP contribution in [0.1, 0.15) is 29.7 Å². The van der Waals surface area contributed by atoms with E-state index in [-0.39, 0.29) is 18.9 Å². The predicted molar refractivity (Wildman–Crippen MR) is 128 cm³/mol. The Morgan fingerprint density at radius 3 is 2.09 bits per heavy atom. The van der Waals surface area contributed by atoms with Gasteiger partial charge in [0.05, 0.1) is 13.0 Å². The van der Waals surface area contributed by atoms with Gasteiger partial charge in [0.15, 0.2) is 0 Å². The molecule has 0 saturated carbocycles. The van der Waals surface area contributed by atoms with Gasteiger partial charge in [-0.15, -0.1) is 0 Å². The van der Waals surface area contributed by atoms with E-state index in [1.807, 2.05) is 66.7 Å². The van der Waals surface area contributed by atoms with Crippen molar-refractivity contribution >= 4 is 18.0 Å². The van der Waals surface area contributed by atoms with E-state index >= 15 is 0 Å². The molecule has 0 aliphatic heterocycles. The standard InChI is InChI=1S/C25H25N5O4/c1-17(20-5-3-2-4-6-20)34-25(33)28-24(29-30-26)27-16-19-9-13-22(14-10-19)21-11-7-18(8-12-21)15-23(31)32/h2-14,17H,15-16H2,1H3,(H,31,32)(H3,26,27,28,29,33). The van der Waals surface area contributed by atoms with Gasteiger partial charge in [0, 0.05) is 0 Å². The van der Waals surface area contributed by atoms with Crippen LogP contribution in [0.4, 0.5) is 4.79 Å². The summed E-state index contributed by atoms with van der Waals surface area (Å²) in [7, 11) is 0. The molecule has 0 heterocycles. The molecular formula is C25H25N5O4. The van der Waals surface area contributed by atoms with Crippen molar-refractivity contribution < 1.29 is 19.4 Å². The molecule has 3 rings (SSSR count). The first-order valence-electron chi connectivity index (χ1n) is 10.5. The molecule has 0 aliphatic carbocycles. The van der Waals surface area contributed by atoms with E-state index in [1.165, 1.54) is 0 Å². The van der Waals surface area contributed by atoms with Gasteiger partial charge >= 0.3 is 12.1 Å². The minimum atomic E-state index is -0.861. The summed E-state index contributed by atoms with van der Waals surface area (Å²) in [5, 5.41) is 18.2. The highest BCUT2D eigenvalue weighted by molar-refractivity contribution is 5.94. The molecule has 0 radical (unpaired) electrons. The number of carboxylic acid groups (broad SMARTS) is 1. The van der Waals surface area contributed by atoms with Crippen molar-refractivity contribution in [2.24, 2.45) is 21.2 Å². The second kappa shape index (κ2) is 11.9. The summed E-state index contributed by atoms with van der Waals surface area (Å²) in [6.45, 7) is 2.00. The lowest BCUT2D eigenvalue weighted by atomic mass is 10.0. The fourth-order valence-corrected chi connectivity index (χ4v) is 3.18. The van der Waals surface area contributed by atoms with E-state index in [9.17, 15) is 9.59 Å². The summed E-state index contributed by atoms with van der Waals surface area (Å²) >= 11 is 0. The Morgan fingerprint density at radius 1 is 0.941 bits per heavy atom. The normalized spacial score (nSPS) is 12.3. The summed E-state index contributed by atoms with van der Waals surface area (Å²) in [5.74, 6) is 4.22. The van der Waals surface area contributed by atoms with Crippen LogP contribution in [0.25, 0.3) is 11.1 Å². The maximum Gasteiger partial charge on any atom is 0.414 e. The smallest absolute Gasteiger partial charge is 0.414 e. The monoisotopic (exact) mass is 459 g/mol. The Bertz CT molecular complexity index is 1160. The fourth-order valence-electron chi connectivity index (χ4n) is 3.18. The number of nitrogens with one attached hydrogen (secondary N) is 1. The van der Waals surface area contributed by atoms with Crippen LogP contribution in [0.2, 0.25) is 0 Å². The van der Waals surface area contributed by atoms with Gasteiger partial charge in [-0.05, 0) is 34.7 Å². The molecule has 1 unspecified atom stereocenters. The molecule has 0 bridgehead atoms. The number of hydrogen-bond acceptors (Lipinski definition) is 5. The Labute approximate surface area is 197 Å². The molecule has 0 spiro atoms. The lowest BCUT2D eigenvalue weighted by Crippen LogP contribution is -2.30. The average Bonchev–Trinajstić information content (AvgIpc) is 2.83. The molecule has 9 heteroatoms. The first-order valence-corrected chi connectivity index (χ1v) is 10.5. The molecule has 3 aromatic carbocycles. The van der Waals surface area contributed by atoms with Crippen molar-refractivity contribution in [2.45, 2.75) is 26.0 Å². The van der Waals surface area contributed by atoms with E-state index in [0.29, 0.717) is 0 Å². The van der Waals surface area contributed by atoms with Gasteiger partial charge < -0.3 is 15.7 Å². The number of aliphatic imine (C=N–C) groups is 1. The van der Waals surface area contributed by atoms with Crippen molar-refractivity contribution in [1.29, 1.82) is 0 Å². The summed E-state index contributed by atoms with van der Waals surface area (Å²) in [6, 6.07) is 24.4. The number of guanidine groups is 1. The van der Waals surface area contributed by atoms with Crippen LogP contribution >= 0.6 is 0 Å². The first kappa shape index (κ1) is 24.1. The topological polar surface area (TPSA) is 139 Å². The third-order valence-corrected chi connectivity index (χ3v) is 4.93. The molecule has 0 aliphatic rings. The van der Waals surface area contributed by atoms with Gasteiger partial charge in [-0.1, -0.05) is 89.2 Å². The number of carbonyl (C=O) groups excluding carboxylic acids is 1. The zero-order chi connectivity index (χ0) is 24.3. The Hall–Kier alpha value is -4.53. The number of hydrogen-bond donors (Lipinski definition) is 3. The number of carboxylic acids is 1. The van der Waals surface area contributed by atoms with Gasteiger partial charge in [-0.3, -0.25) is 10.1 Å². The quantitative estimate of drug-likeness (QED) is 0.155. The maximum absolute atomic E-state index is 12.2. The lowest BCUT2D eigenvalue weighted by molar-refractivity contribution is -0.136. The molecule has 3 aromatic rings. The number of aliphatic carboxylic acids is 1. The van der Waals surface area contributed by atoms with Crippen molar-refractivity contribution in [3.63, 3.8) is 0 Å². The van der Waals surface area contributed by atoms with Gasteiger partial charge in [-0.2, -0.15) is 0 Å². The molecule has 0 fully saturated rings. The number of nitrogens with two attached hydrogens (primary N) is 1. The largest absolute Gasteiger partial charge is 0.481 e. The number of amides is 1. The van der Waals surface area contributed by atoms with Gasteiger partial charge in [0.2, 0.25) is 5.96 Å². The van der Waals surface area contributed by atoms with Crippen molar-refractivity contribution in [3.05, 3.63) is 95.6 Å². The number of ether oxygens (including phenoxy) is 1. The molecule has 9 nitrogen and oxygen atoms in total. The molecule has 4 N–H and O–H groups in total. The molecule has 1 atom stereocenters. The fraction of sp³-hybridized carbons (Fsp3) is 0.160. The number of benzene rings is 3. The third kappa shape index (κ3) is 7.27. The predicted octanol–water partition coefficient (Wildman–Crippen LogP) is 4.65. The number of rotatable bonds is 7. The number of alkyl carbamates (subject to hydrolysis) is 1. The summed E-state index contributed by atoms with van der Waals surface area (Å²) in [4.78, 5) is 27.3. The molecular weight excluding hydrogens is 434 g/mol. The molecule has 0 aromatic heterocycles. The Balaban J connectivity index is 1.60. The van der Waals surface area contributed by atoms with Crippen LogP contribution in [0.3, 0.4) is 0 Å². The zero-order valence-electron chi connectivity index (χ0n) is 18.6. The summed E-state index contributed by atoms with van der Waals surface area (Å²) in [5.41, 5.74) is 4.43. The number of nitrogens with zero attached hydrogens (tertiary/aromatic N) is 3. The Morgan fingerprint density at radius 2 is 1.53 bits per heavy atom. The van der Waals surface area contributed by atoms with Crippen LogP contribution in [-0.2, 0) is 22.5 Å². The third-order valence-electron chi connectivity index (χ3n) is 4.93. The van der Waals surface area contributed by atoms with Crippen molar-refractivity contribution in [1.82, 2.24) is 5.32 Å². The Kier molecular flexibility index (Phi) is 8.45. The van der Waals surface area contributed by atoms with E-state index in [0.717, 1.165) is 27.8 Å². The van der Waals surface area contributed by atoms with Crippen LogP contribution in [0.15, 0.2) is 94.2 Å². The van der Waals surface area contributed by atoms with E-state index < -0.39 is 18.2 Å². The van der Waals surface area contributed by atoms with E-state index in [4.69, 9.17) is 15.7 Å². The lowest BCUT2D eigenvalue weighted by Gasteiger charge is -2.13. The SMILES string of the molecule is CC(OC(=O)NC(=NCc1ccc(-c2ccc(CC(=O)O)cc2)cc1)/N=N\N)c1ccccc1. The van der Waals surface area contributed by atoms with Crippen molar-refractivity contribution in [3.8, 4) is 11.1 Å². The number of carbonyl (C=O) groups is 2. The average molecular weight is 460 g/mol. The van der Waals surface area contributed by atoms with Crippen molar-refractivity contribution in [2.75, 3.05) is 0 Å². The van der Waals surface area contributed by atoms with Gasteiger partial charge in [-0.25, -0.2) is 9.79 Å².